The highest BCUT2D eigenvalue weighted by atomic mass is 19.4. The third-order valence-corrected chi connectivity index (χ3v) is 5.60. The van der Waals surface area contributed by atoms with Gasteiger partial charge in [-0.1, -0.05) is 19.1 Å². The first-order valence-electron chi connectivity index (χ1n) is 8.59. The van der Waals surface area contributed by atoms with Crippen LogP contribution in [0.15, 0.2) is 24.0 Å². The summed E-state index contributed by atoms with van der Waals surface area (Å²) in [5.41, 5.74) is -1.68. The molecule has 0 amide bonds. The number of hydrogen-bond donors (Lipinski definition) is 0. The smallest absolute Gasteiger partial charge is 0.366 e. The number of hydrogen-bond acceptors (Lipinski definition) is 1. The zero-order valence-corrected chi connectivity index (χ0v) is 14.4. The average molecular weight is 378 g/mol. The molecular weight excluding hydrogens is 358 g/mol. The van der Waals surface area contributed by atoms with Gasteiger partial charge in [0.1, 0.15) is 5.83 Å². The predicted octanol–water partition coefficient (Wildman–Crippen LogP) is 6.16. The number of halogens is 6. The van der Waals surface area contributed by atoms with Gasteiger partial charge in [0.2, 0.25) is 0 Å². The van der Waals surface area contributed by atoms with Crippen LogP contribution in [0.5, 0.6) is 0 Å². The number of alkyl halides is 3. The van der Waals surface area contributed by atoms with Crippen LogP contribution in [0, 0.1) is 17.0 Å². The van der Waals surface area contributed by atoms with Crippen molar-refractivity contribution in [2.24, 2.45) is 5.41 Å². The number of benzene rings is 1. The lowest BCUT2D eigenvalue weighted by molar-refractivity contribution is -0.134. The van der Waals surface area contributed by atoms with Crippen molar-refractivity contribution in [2.45, 2.75) is 63.8 Å². The molecule has 3 aliphatic carbocycles. The second-order valence-electron chi connectivity index (χ2n) is 7.53. The normalized spacial score (nSPS) is 28.3. The number of fused-ring (bicyclic) bond motifs is 2. The van der Waals surface area contributed by atoms with Gasteiger partial charge in [-0.15, -0.1) is 0 Å². The van der Waals surface area contributed by atoms with Crippen LogP contribution >= 0.6 is 0 Å². The quantitative estimate of drug-likeness (QED) is 0.558. The number of ether oxygens (including phenoxy) is 1. The monoisotopic (exact) mass is 378 g/mol. The van der Waals surface area contributed by atoms with Crippen molar-refractivity contribution >= 4 is 0 Å². The van der Waals surface area contributed by atoms with Gasteiger partial charge in [-0.2, -0.15) is 13.2 Å². The van der Waals surface area contributed by atoms with E-state index in [2.05, 4.69) is 0 Å². The van der Waals surface area contributed by atoms with Gasteiger partial charge in [-0.25, -0.2) is 13.2 Å². The van der Waals surface area contributed by atoms with Gasteiger partial charge < -0.3 is 4.74 Å². The summed E-state index contributed by atoms with van der Waals surface area (Å²) in [6.45, 7) is 1.60. The number of allylic oxidation sites excluding steroid dienone is 1. The Morgan fingerprint density at radius 2 is 1.54 bits per heavy atom. The van der Waals surface area contributed by atoms with E-state index in [1.54, 1.807) is 0 Å². The molecule has 0 unspecified atom stereocenters. The van der Waals surface area contributed by atoms with Crippen molar-refractivity contribution in [3.63, 3.8) is 0 Å². The van der Waals surface area contributed by atoms with Gasteiger partial charge in [-0.05, 0) is 43.7 Å². The van der Waals surface area contributed by atoms with E-state index in [9.17, 15) is 26.3 Å². The molecule has 1 saturated carbocycles. The largest absolute Gasteiger partial charge is 0.389 e. The maximum atomic E-state index is 14.2. The highest BCUT2D eigenvalue weighted by molar-refractivity contribution is 5.27. The fraction of sp³-hybridized carbons (Fsp3) is 0.579. The summed E-state index contributed by atoms with van der Waals surface area (Å²) < 4.78 is 84.9. The molecule has 0 saturated heterocycles. The summed E-state index contributed by atoms with van der Waals surface area (Å²) in [7, 11) is 0. The van der Waals surface area contributed by atoms with Gasteiger partial charge in [0.05, 0.1) is 12.2 Å². The summed E-state index contributed by atoms with van der Waals surface area (Å²) in [6.07, 6.45) is -2.38. The van der Waals surface area contributed by atoms with Gasteiger partial charge >= 0.3 is 6.18 Å². The van der Waals surface area contributed by atoms with Crippen molar-refractivity contribution in [2.75, 3.05) is 0 Å². The minimum atomic E-state index is -4.43. The molecule has 3 aliphatic rings. The highest BCUT2D eigenvalue weighted by Gasteiger charge is 2.48. The van der Waals surface area contributed by atoms with E-state index in [1.807, 2.05) is 6.92 Å². The van der Waals surface area contributed by atoms with Crippen LogP contribution in [0.25, 0.3) is 0 Å². The van der Waals surface area contributed by atoms with Crippen LogP contribution in [0.4, 0.5) is 26.3 Å². The molecule has 7 heteroatoms. The predicted molar refractivity (Wildman–Crippen MR) is 84.0 cm³/mol. The molecule has 2 bridgehead atoms. The molecule has 0 aromatic heterocycles. The lowest BCUT2D eigenvalue weighted by atomic mass is 9.63. The molecule has 0 heterocycles. The lowest BCUT2D eigenvalue weighted by Gasteiger charge is -2.48. The van der Waals surface area contributed by atoms with Crippen molar-refractivity contribution in [3.05, 3.63) is 46.8 Å². The van der Waals surface area contributed by atoms with E-state index >= 15 is 0 Å². The van der Waals surface area contributed by atoms with Crippen LogP contribution in [-0.4, -0.2) is 11.8 Å². The Hall–Kier alpha value is -1.50. The molecule has 0 atom stereocenters. The van der Waals surface area contributed by atoms with E-state index in [1.165, 1.54) is 12.1 Å². The zero-order chi connectivity index (χ0) is 19.2. The Morgan fingerprint density at radius 1 is 0.962 bits per heavy atom. The molecule has 0 N–H and O–H groups in total. The molecular formula is C19H20F6O. The van der Waals surface area contributed by atoms with Crippen molar-refractivity contribution in [1.82, 2.24) is 0 Å². The highest BCUT2D eigenvalue weighted by Crippen LogP contribution is 2.53. The van der Waals surface area contributed by atoms with Crippen LogP contribution in [0.1, 0.15) is 50.2 Å². The van der Waals surface area contributed by atoms with Gasteiger partial charge in [0, 0.05) is 17.4 Å². The van der Waals surface area contributed by atoms with Gasteiger partial charge in [0.15, 0.2) is 11.6 Å². The molecule has 0 radical (unpaired) electrons. The minimum absolute atomic E-state index is 0.0830. The first-order valence-corrected chi connectivity index (χ1v) is 8.59. The molecule has 4 rings (SSSR count). The second kappa shape index (κ2) is 6.59. The van der Waals surface area contributed by atoms with Crippen molar-refractivity contribution in [1.29, 1.82) is 0 Å². The Bertz CT molecular complexity index is 713. The molecule has 0 aliphatic heterocycles. The maximum Gasteiger partial charge on any atom is 0.389 e. The topological polar surface area (TPSA) is 9.23 Å². The first kappa shape index (κ1) is 19.3. The number of aryl methyl sites for hydroxylation is 1. The molecule has 26 heavy (non-hydrogen) atoms. The van der Waals surface area contributed by atoms with E-state index < -0.39 is 41.7 Å². The van der Waals surface area contributed by atoms with E-state index in [-0.39, 0.29) is 23.6 Å². The lowest BCUT2D eigenvalue weighted by Crippen LogP contribution is -2.44. The Kier molecular flexibility index (Phi) is 4.88. The fourth-order valence-electron chi connectivity index (χ4n) is 3.63. The van der Waals surface area contributed by atoms with Crippen LogP contribution in [0.2, 0.25) is 0 Å². The summed E-state index contributed by atoms with van der Waals surface area (Å²) in [5, 5.41) is 0. The van der Waals surface area contributed by atoms with Crippen molar-refractivity contribution in [3.8, 4) is 0 Å². The zero-order valence-electron chi connectivity index (χ0n) is 14.4. The molecule has 1 nitrogen and oxygen atoms in total. The Morgan fingerprint density at radius 3 is 2.12 bits per heavy atom. The molecule has 144 valence electrons. The summed E-state index contributed by atoms with van der Waals surface area (Å²) in [5.74, 6) is -2.72. The second-order valence-corrected chi connectivity index (χ2v) is 7.53. The summed E-state index contributed by atoms with van der Waals surface area (Å²) >= 11 is 0. The average Bonchev–Trinajstić information content (AvgIpc) is 2.56. The number of rotatable bonds is 5. The van der Waals surface area contributed by atoms with Crippen LogP contribution < -0.4 is 0 Å². The molecule has 1 fully saturated rings. The first-order chi connectivity index (χ1) is 12.0. The molecule has 1 aromatic carbocycles. The third kappa shape index (κ3) is 3.77. The van der Waals surface area contributed by atoms with E-state index in [0.29, 0.717) is 25.7 Å². The fourth-order valence-corrected chi connectivity index (χ4v) is 3.63. The van der Waals surface area contributed by atoms with Gasteiger partial charge in [0.25, 0.3) is 0 Å². The minimum Gasteiger partial charge on any atom is -0.366 e. The van der Waals surface area contributed by atoms with Crippen molar-refractivity contribution < 1.29 is 31.1 Å². The van der Waals surface area contributed by atoms with Gasteiger partial charge in [-0.3, -0.25) is 0 Å². The van der Waals surface area contributed by atoms with E-state index in [4.69, 9.17) is 4.74 Å². The maximum absolute atomic E-state index is 14.2. The van der Waals surface area contributed by atoms with Crippen LogP contribution in [-0.2, 0) is 17.8 Å². The Labute approximate surface area is 148 Å². The SMILES string of the molecule is CC12CCC(OCc3ccc(CCC(F)(F)F)c(F)c3F)(C=C1F)CC2. The van der Waals surface area contributed by atoms with E-state index in [0.717, 1.165) is 6.07 Å². The van der Waals surface area contributed by atoms with Crippen LogP contribution in [0.3, 0.4) is 0 Å². The summed E-state index contributed by atoms with van der Waals surface area (Å²) in [6, 6.07) is 2.38. The Balaban J connectivity index is 1.70. The standard InChI is InChI=1S/C19H20F6O/c1-17-6-8-18(9-7-17,10-14(17)20)26-11-13-3-2-12(15(21)16(13)22)4-5-19(23,24)25/h2-3,10H,4-9,11H2,1H3. The summed E-state index contributed by atoms with van der Waals surface area (Å²) in [4.78, 5) is 0. The molecule has 1 aromatic rings. The third-order valence-electron chi connectivity index (χ3n) is 5.60. The molecule has 0 spiro atoms.